The van der Waals surface area contributed by atoms with Gasteiger partial charge in [-0.05, 0) is 25.0 Å². The summed E-state index contributed by atoms with van der Waals surface area (Å²) in [6, 6.07) is 5.95. The lowest BCUT2D eigenvalue weighted by molar-refractivity contribution is 0.0713. The van der Waals surface area contributed by atoms with Crippen LogP contribution in [0.2, 0.25) is 0 Å². The van der Waals surface area contributed by atoms with Gasteiger partial charge in [0.2, 0.25) is 0 Å². The fourth-order valence-electron chi connectivity index (χ4n) is 1.83. The van der Waals surface area contributed by atoms with Gasteiger partial charge < -0.3 is 9.32 Å². The van der Waals surface area contributed by atoms with Gasteiger partial charge in [0, 0.05) is 19.0 Å². The Labute approximate surface area is 101 Å². The highest BCUT2D eigenvalue weighted by atomic mass is 16.4. The van der Waals surface area contributed by atoms with Crippen LogP contribution in [-0.2, 0) is 6.42 Å². The summed E-state index contributed by atoms with van der Waals surface area (Å²) in [4.78, 5) is 13.9. The first-order valence-electron chi connectivity index (χ1n) is 6.03. The van der Waals surface area contributed by atoms with Gasteiger partial charge in [0.1, 0.15) is 5.76 Å². The number of nitrogens with zero attached hydrogens (tertiary/aromatic N) is 2. The summed E-state index contributed by atoms with van der Waals surface area (Å²) in [6.45, 7) is 2.49. The van der Waals surface area contributed by atoms with Crippen molar-refractivity contribution >= 4 is 5.91 Å². The lowest BCUT2D eigenvalue weighted by atomic mass is 10.3. The minimum Gasteiger partial charge on any atom is -0.456 e. The smallest absolute Gasteiger partial charge is 0.289 e. The molecule has 0 aliphatic heterocycles. The molecule has 1 aromatic rings. The van der Waals surface area contributed by atoms with Gasteiger partial charge in [0.25, 0.3) is 5.91 Å². The first kappa shape index (κ1) is 11.7. The SMILES string of the molecule is CCc1ccc(C(=O)N(CCC#N)C2CC2)o1. The van der Waals surface area contributed by atoms with Crippen molar-refractivity contribution in [3.8, 4) is 6.07 Å². The van der Waals surface area contributed by atoms with Gasteiger partial charge in [-0.2, -0.15) is 5.26 Å². The van der Waals surface area contributed by atoms with E-state index in [9.17, 15) is 4.79 Å². The minimum absolute atomic E-state index is 0.0811. The van der Waals surface area contributed by atoms with Gasteiger partial charge in [0.05, 0.1) is 12.5 Å². The molecule has 0 aromatic carbocycles. The Balaban J connectivity index is 2.07. The summed E-state index contributed by atoms with van der Waals surface area (Å²) >= 11 is 0. The van der Waals surface area contributed by atoms with Gasteiger partial charge in [0.15, 0.2) is 5.76 Å². The van der Waals surface area contributed by atoms with Crippen LogP contribution < -0.4 is 0 Å². The second kappa shape index (κ2) is 5.05. The maximum absolute atomic E-state index is 12.2. The first-order chi connectivity index (χ1) is 8.26. The van der Waals surface area contributed by atoms with Crippen molar-refractivity contribution in [3.05, 3.63) is 23.7 Å². The molecule has 1 aliphatic rings. The van der Waals surface area contributed by atoms with Gasteiger partial charge in [-0.15, -0.1) is 0 Å². The Bertz CT molecular complexity index is 441. The van der Waals surface area contributed by atoms with Crippen molar-refractivity contribution in [1.82, 2.24) is 4.90 Å². The molecular weight excluding hydrogens is 216 g/mol. The molecule has 17 heavy (non-hydrogen) atoms. The molecule has 1 amide bonds. The number of amides is 1. The van der Waals surface area contributed by atoms with Crippen LogP contribution in [0.15, 0.2) is 16.5 Å². The molecule has 0 N–H and O–H groups in total. The fraction of sp³-hybridized carbons (Fsp3) is 0.538. The van der Waals surface area contributed by atoms with E-state index >= 15 is 0 Å². The molecule has 0 bridgehead atoms. The third-order valence-corrected chi connectivity index (χ3v) is 2.93. The van der Waals surface area contributed by atoms with Crippen molar-refractivity contribution in [1.29, 1.82) is 5.26 Å². The lowest BCUT2D eigenvalue weighted by Gasteiger charge is -2.19. The third kappa shape index (κ3) is 2.68. The van der Waals surface area contributed by atoms with E-state index in [1.54, 1.807) is 11.0 Å². The molecule has 0 radical (unpaired) electrons. The predicted octanol–water partition coefficient (Wildman–Crippen LogP) is 2.36. The van der Waals surface area contributed by atoms with Gasteiger partial charge in [-0.3, -0.25) is 4.79 Å². The van der Waals surface area contributed by atoms with E-state index in [-0.39, 0.29) is 5.91 Å². The highest BCUT2D eigenvalue weighted by Crippen LogP contribution is 2.28. The Kier molecular flexibility index (Phi) is 3.48. The molecule has 1 saturated carbocycles. The molecule has 0 unspecified atom stereocenters. The average Bonchev–Trinajstić information content (AvgIpc) is 3.06. The number of carbonyl (C=O) groups is 1. The number of carbonyl (C=O) groups excluding carboxylic acids is 1. The minimum atomic E-state index is -0.0811. The highest BCUT2D eigenvalue weighted by molar-refractivity contribution is 5.92. The molecule has 1 heterocycles. The van der Waals surface area contributed by atoms with E-state index in [0.717, 1.165) is 25.0 Å². The zero-order valence-corrected chi connectivity index (χ0v) is 9.98. The number of hydrogen-bond acceptors (Lipinski definition) is 3. The van der Waals surface area contributed by atoms with Gasteiger partial charge in [-0.1, -0.05) is 6.92 Å². The van der Waals surface area contributed by atoms with Gasteiger partial charge in [-0.25, -0.2) is 0 Å². The summed E-state index contributed by atoms with van der Waals surface area (Å²) in [5.74, 6) is 1.14. The van der Waals surface area contributed by atoms with Crippen LogP contribution in [0.3, 0.4) is 0 Å². The molecule has 0 spiro atoms. The van der Waals surface area contributed by atoms with Crippen LogP contribution in [0, 0.1) is 11.3 Å². The molecular formula is C13H16N2O2. The monoisotopic (exact) mass is 232 g/mol. The molecule has 0 atom stereocenters. The van der Waals surface area contributed by atoms with E-state index in [2.05, 4.69) is 6.07 Å². The van der Waals surface area contributed by atoms with Crippen molar-refractivity contribution in [2.75, 3.05) is 6.54 Å². The largest absolute Gasteiger partial charge is 0.456 e. The van der Waals surface area contributed by atoms with E-state index in [1.165, 1.54) is 0 Å². The molecule has 1 aromatic heterocycles. The third-order valence-electron chi connectivity index (χ3n) is 2.93. The summed E-state index contributed by atoms with van der Waals surface area (Å²) in [5, 5.41) is 8.60. The molecule has 4 nitrogen and oxygen atoms in total. The molecule has 4 heteroatoms. The van der Waals surface area contributed by atoms with Crippen molar-refractivity contribution in [2.24, 2.45) is 0 Å². The number of nitriles is 1. The quantitative estimate of drug-likeness (QED) is 0.783. The van der Waals surface area contributed by atoms with E-state index in [0.29, 0.717) is 24.8 Å². The van der Waals surface area contributed by atoms with Crippen LogP contribution in [0.5, 0.6) is 0 Å². The highest BCUT2D eigenvalue weighted by Gasteiger charge is 2.33. The second-order valence-corrected chi connectivity index (χ2v) is 4.26. The summed E-state index contributed by atoms with van der Waals surface area (Å²) in [5.41, 5.74) is 0. The second-order valence-electron chi connectivity index (χ2n) is 4.26. The fourth-order valence-corrected chi connectivity index (χ4v) is 1.83. The van der Waals surface area contributed by atoms with Crippen molar-refractivity contribution in [2.45, 2.75) is 38.6 Å². The zero-order valence-electron chi connectivity index (χ0n) is 9.98. The zero-order chi connectivity index (χ0) is 12.3. The summed E-state index contributed by atoms with van der Waals surface area (Å²) < 4.78 is 5.46. The number of rotatable bonds is 5. The summed E-state index contributed by atoms with van der Waals surface area (Å²) in [7, 11) is 0. The molecule has 0 saturated heterocycles. The Morgan fingerprint density at radius 2 is 2.35 bits per heavy atom. The lowest BCUT2D eigenvalue weighted by Crippen LogP contribution is -2.33. The maximum atomic E-state index is 12.2. The Morgan fingerprint density at radius 3 is 2.88 bits per heavy atom. The van der Waals surface area contributed by atoms with E-state index < -0.39 is 0 Å². The Morgan fingerprint density at radius 1 is 1.59 bits per heavy atom. The van der Waals surface area contributed by atoms with Crippen molar-refractivity contribution < 1.29 is 9.21 Å². The standard InChI is InChI=1S/C13H16N2O2/c1-2-11-6-7-12(17-11)13(16)15(9-3-8-14)10-4-5-10/h6-7,10H,2-5,9H2,1H3. The van der Waals surface area contributed by atoms with Gasteiger partial charge >= 0.3 is 0 Å². The van der Waals surface area contributed by atoms with E-state index in [1.807, 2.05) is 13.0 Å². The van der Waals surface area contributed by atoms with Crippen LogP contribution >= 0.6 is 0 Å². The molecule has 1 aliphatic carbocycles. The normalized spacial score (nSPS) is 14.4. The number of aryl methyl sites for hydroxylation is 1. The topological polar surface area (TPSA) is 57.2 Å². The summed E-state index contributed by atoms with van der Waals surface area (Å²) in [6.07, 6.45) is 3.25. The molecule has 2 rings (SSSR count). The van der Waals surface area contributed by atoms with Crippen LogP contribution in [0.4, 0.5) is 0 Å². The molecule has 90 valence electrons. The van der Waals surface area contributed by atoms with Crippen LogP contribution in [0.25, 0.3) is 0 Å². The van der Waals surface area contributed by atoms with Crippen LogP contribution in [0.1, 0.15) is 42.5 Å². The Hall–Kier alpha value is -1.76. The molecule has 1 fully saturated rings. The number of furan rings is 1. The maximum Gasteiger partial charge on any atom is 0.289 e. The van der Waals surface area contributed by atoms with E-state index in [4.69, 9.17) is 9.68 Å². The van der Waals surface area contributed by atoms with Crippen molar-refractivity contribution in [3.63, 3.8) is 0 Å². The number of hydrogen-bond donors (Lipinski definition) is 0. The first-order valence-corrected chi connectivity index (χ1v) is 6.03. The average molecular weight is 232 g/mol. The predicted molar refractivity (Wildman–Crippen MR) is 62.4 cm³/mol. The van der Waals surface area contributed by atoms with Crippen LogP contribution in [-0.4, -0.2) is 23.4 Å².